The van der Waals surface area contributed by atoms with E-state index in [9.17, 15) is 4.79 Å². The first-order valence-corrected chi connectivity index (χ1v) is 8.70. The quantitative estimate of drug-likeness (QED) is 0.680. The number of carbonyl (C=O) groups is 1. The standard InChI is InChI=1S/C19H17Cl2N3O2/c1-12-19(13(2)24(23-12)14-6-4-3-5-7-14)22-18(25)11-26-15-8-9-16(20)17(21)10-15/h3-10H,11H2,1-2H3,(H,22,25). The number of halogens is 2. The van der Waals surface area contributed by atoms with Gasteiger partial charge in [-0.15, -0.1) is 0 Å². The van der Waals surface area contributed by atoms with Crippen molar-refractivity contribution in [1.82, 2.24) is 9.78 Å². The van der Waals surface area contributed by atoms with Crippen LogP contribution >= 0.6 is 23.2 Å². The van der Waals surface area contributed by atoms with Crippen LogP contribution in [0.4, 0.5) is 5.69 Å². The molecule has 3 rings (SSSR count). The summed E-state index contributed by atoms with van der Waals surface area (Å²) >= 11 is 11.8. The summed E-state index contributed by atoms with van der Waals surface area (Å²) in [4.78, 5) is 12.3. The zero-order valence-electron chi connectivity index (χ0n) is 14.3. The van der Waals surface area contributed by atoms with Gasteiger partial charge < -0.3 is 10.1 Å². The Hall–Kier alpha value is -2.50. The number of amides is 1. The average Bonchev–Trinajstić information content (AvgIpc) is 2.91. The Morgan fingerprint density at radius 2 is 1.85 bits per heavy atom. The third-order valence-corrected chi connectivity index (χ3v) is 4.56. The minimum Gasteiger partial charge on any atom is -0.484 e. The Kier molecular flexibility index (Phi) is 5.49. The predicted molar refractivity (Wildman–Crippen MR) is 104 cm³/mol. The molecule has 134 valence electrons. The van der Waals surface area contributed by atoms with Gasteiger partial charge in [-0.25, -0.2) is 4.68 Å². The number of hydrogen-bond acceptors (Lipinski definition) is 3. The number of rotatable bonds is 5. The second kappa shape index (κ2) is 7.81. The molecular formula is C19H17Cl2N3O2. The van der Waals surface area contributed by atoms with Crippen LogP contribution < -0.4 is 10.1 Å². The molecule has 1 aromatic heterocycles. The Labute approximate surface area is 161 Å². The molecule has 0 aliphatic carbocycles. The number of carbonyl (C=O) groups excluding carboxylic acids is 1. The van der Waals surface area contributed by atoms with Crippen LogP contribution in [0.2, 0.25) is 10.0 Å². The van der Waals surface area contributed by atoms with Crippen LogP contribution in [-0.2, 0) is 4.79 Å². The molecule has 0 fully saturated rings. The van der Waals surface area contributed by atoms with Gasteiger partial charge in [-0.3, -0.25) is 4.79 Å². The molecule has 1 amide bonds. The lowest BCUT2D eigenvalue weighted by Gasteiger charge is -2.09. The predicted octanol–water partition coefficient (Wildman–Crippen LogP) is 4.81. The highest BCUT2D eigenvalue weighted by Gasteiger charge is 2.15. The van der Waals surface area contributed by atoms with Crippen LogP contribution in [0.15, 0.2) is 48.5 Å². The van der Waals surface area contributed by atoms with Crippen molar-refractivity contribution in [2.24, 2.45) is 0 Å². The maximum atomic E-state index is 12.3. The summed E-state index contributed by atoms with van der Waals surface area (Å²) in [5.41, 5.74) is 3.18. The molecule has 1 N–H and O–H groups in total. The van der Waals surface area contributed by atoms with E-state index in [4.69, 9.17) is 27.9 Å². The van der Waals surface area contributed by atoms with Crippen molar-refractivity contribution < 1.29 is 9.53 Å². The molecule has 0 radical (unpaired) electrons. The van der Waals surface area contributed by atoms with Crippen LogP contribution in [0.5, 0.6) is 5.75 Å². The minimum absolute atomic E-state index is 0.145. The fourth-order valence-electron chi connectivity index (χ4n) is 2.54. The summed E-state index contributed by atoms with van der Waals surface area (Å²) in [5.74, 6) is 0.192. The molecule has 0 spiro atoms. The number of nitrogens with zero attached hydrogens (tertiary/aromatic N) is 2. The van der Waals surface area contributed by atoms with Gasteiger partial charge in [0.15, 0.2) is 6.61 Å². The molecule has 3 aromatic rings. The highest BCUT2D eigenvalue weighted by Crippen LogP contribution is 2.26. The number of benzene rings is 2. The van der Waals surface area contributed by atoms with Gasteiger partial charge in [0.25, 0.3) is 5.91 Å². The van der Waals surface area contributed by atoms with E-state index in [1.165, 1.54) is 0 Å². The van der Waals surface area contributed by atoms with Crippen molar-refractivity contribution >= 4 is 34.8 Å². The van der Waals surface area contributed by atoms with Gasteiger partial charge in [0.2, 0.25) is 0 Å². The number of aromatic nitrogens is 2. The van der Waals surface area contributed by atoms with Gasteiger partial charge in [-0.2, -0.15) is 5.10 Å². The van der Waals surface area contributed by atoms with Crippen LogP contribution in [0.25, 0.3) is 5.69 Å². The molecule has 26 heavy (non-hydrogen) atoms. The second-order valence-corrected chi connectivity index (χ2v) is 6.52. The number of aryl methyl sites for hydroxylation is 1. The molecule has 0 saturated carbocycles. The lowest BCUT2D eigenvalue weighted by atomic mass is 10.3. The highest BCUT2D eigenvalue weighted by molar-refractivity contribution is 6.42. The monoisotopic (exact) mass is 389 g/mol. The first-order valence-electron chi connectivity index (χ1n) is 7.95. The van der Waals surface area contributed by atoms with Crippen molar-refractivity contribution in [2.75, 3.05) is 11.9 Å². The maximum Gasteiger partial charge on any atom is 0.262 e. The maximum absolute atomic E-state index is 12.3. The lowest BCUT2D eigenvalue weighted by Crippen LogP contribution is -2.21. The van der Waals surface area contributed by atoms with Crippen molar-refractivity contribution in [3.63, 3.8) is 0 Å². The van der Waals surface area contributed by atoms with Gasteiger partial charge in [0, 0.05) is 6.07 Å². The van der Waals surface area contributed by atoms with E-state index < -0.39 is 0 Å². The summed E-state index contributed by atoms with van der Waals surface area (Å²) < 4.78 is 7.26. The number of anilines is 1. The first kappa shape index (κ1) is 18.3. The molecule has 2 aromatic carbocycles. The summed E-state index contributed by atoms with van der Waals surface area (Å²) in [6, 6.07) is 14.6. The third kappa shape index (κ3) is 4.00. The average molecular weight is 390 g/mol. The molecule has 0 saturated heterocycles. The summed E-state index contributed by atoms with van der Waals surface area (Å²) in [6.45, 7) is 3.61. The second-order valence-electron chi connectivity index (χ2n) is 5.71. The van der Waals surface area contributed by atoms with Crippen molar-refractivity contribution in [3.8, 4) is 11.4 Å². The fraction of sp³-hybridized carbons (Fsp3) is 0.158. The van der Waals surface area contributed by atoms with E-state index in [1.807, 2.05) is 44.2 Å². The minimum atomic E-state index is -0.283. The van der Waals surface area contributed by atoms with E-state index in [2.05, 4.69) is 10.4 Å². The largest absolute Gasteiger partial charge is 0.484 e. The van der Waals surface area contributed by atoms with Crippen LogP contribution in [0.1, 0.15) is 11.4 Å². The number of nitrogens with one attached hydrogen (secondary N) is 1. The number of ether oxygens (including phenoxy) is 1. The topological polar surface area (TPSA) is 56.2 Å². The van der Waals surface area contributed by atoms with Crippen molar-refractivity contribution in [3.05, 3.63) is 70.0 Å². The zero-order valence-corrected chi connectivity index (χ0v) is 15.8. The fourth-order valence-corrected chi connectivity index (χ4v) is 2.82. The Balaban J connectivity index is 1.69. The molecule has 1 heterocycles. The molecule has 0 aliphatic heterocycles. The van der Waals surface area contributed by atoms with E-state index in [-0.39, 0.29) is 12.5 Å². The zero-order chi connectivity index (χ0) is 18.7. The van der Waals surface area contributed by atoms with E-state index in [0.717, 1.165) is 17.1 Å². The first-order chi connectivity index (χ1) is 12.5. The normalized spacial score (nSPS) is 10.6. The lowest BCUT2D eigenvalue weighted by molar-refractivity contribution is -0.118. The van der Waals surface area contributed by atoms with Crippen LogP contribution in [0.3, 0.4) is 0 Å². The van der Waals surface area contributed by atoms with Crippen molar-refractivity contribution in [1.29, 1.82) is 0 Å². The Morgan fingerprint density at radius 3 is 2.54 bits per heavy atom. The third-order valence-electron chi connectivity index (χ3n) is 3.82. The summed E-state index contributed by atoms with van der Waals surface area (Å²) in [5, 5.41) is 8.17. The molecular weight excluding hydrogens is 373 g/mol. The van der Waals surface area contributed by atoms with Gasteiger partial charge in [-0.1, -0.05) is 41.4 Å². The smallest absolute Gasteiger partial charge is 0.262 e. The van der Waals surface area contributed by atoms with E-state index >= 15 is 0 Å². The number of hydrogen-bond donors (Lipinski definition) is 1. The van der Waals surface area contributed by atoms with Crippen LogP contribution in [0, 0.1) is 13.8 Å². The molecule has 7 heteroatoms. The number of para-hydroxylation sites is 1. The summed E-state index contributed by atoms with van der Waals surface area (Å²) in [6.07, 6.45) is 0. The highest BCUT2D eigenvalue weighted by atomic mass is 35.5. The molecule has 0 atom stereocenters. The molecule has 0 aliphatic rings. The van der Waals surface area contributed by atoms with E-state index in [0.29, 0.717) is 21.5 Å². The van der Waals surface area contributed by atoms with Gasteiger partial charge in [0.05, 0.1) is 32.8 Å². The SMILES string of the molecule is Cc1nn(-c2ccccc2)c(C)c1NC(=O)COc1ccc(Cl)c(Cl)c1. The molecule has 0 unspecified atom stereocenters. The van der Waals surface area contributed by atoms with Crippen LogP contribution in [-0.4, -0.2) is 22.3 Å². The van der Waals surface area contributed by atoms with E-state index in [1.54, 1.807) is 22.9 Å². The van der Waals surface area contributed by atoms with Gasteiger partial charge >= 0.3 is 0 Å². The van der Waals surface area contributed by atoms with Gasteiger partial charge in [-0.05, 0) is 38.1 Å². The molecule has 0 bridgehead atoms. The Bertz CT molecular complexity index is 939. The molecule has 5 nitrogen and oxygen atoms in total. The van der Waals surface area contributed by atoms with Crippen molar-refractivity contribution in [2.45, 2.75) is 13.8 Å². The Morgan fingerprint density at radius 1 is 1.12 bits per heavy atom. The van der Waals surface area contributed by atoms with Gasteiger partial charge in [0.1, 0.15) is 5.75 Å². The summed E-state index contributed by atoms with van der Waals surface area (Å²) in [7, 11) is 0.